The Morgan fingerprint density at radius 3 is 2.50 bits per heavy atom. The smallest absolute Gasteiger partial charge is 0.317 e. The minimum atomic E-state index is 0.129. The van der Waals surface area contributed by atoms with Gasteiger partial charge >= 0.3 is 6.03 Å². The maximum Gasteiger partial charge on any atom is 0.317 e. The maximum atomic E-state index is 11.7. The highest BCUT2D eigenvalue weighted by molar-refractivity contribution is 5.74. The fourth-order valence-electron chi connectivity index (χ4n) is 2.13. The highest BCUT2D eigenvalue weighted by Crippen LogP contribution is 2.29. The number of urea groups is 1. The third kappa shape index (κ3) is 2.63. The first kappa shape index (κ1) is 9.81. The summed E-state index contributed by atoms with van der Waals surface area (Å²) in [7, 11) is 1.91. The van der Waals surface area contributed by atoms with Crippen molar-refractivity contribution in [1.29, 1.82) is 0 Å². The molecule has 3 heteroatoms. The van der Waals surface area contributed by atoms with Gasteiger partial charge in [-0.1, -0.05) is 12.8 Å². The Kier molecular flexibility index (Phi) is 2.94. The molecule has 14 heavy (non-hydrogen) atoms. The molecule has 0 bridgehead atoms. The minimum Gasteiger partial charge on any atom is -0.335 e. The molecule has 0 aromatic heterocycles. The average Bonchev–Trinajstić information content (AvgIpc) is 2.81. The summed E-state index contributed by atoms with van der Waals surface area (Å²) in [6.07, 6.45) is 7.50. The van der Waals surface area contributed by atoms with Crippen LogP contribution in [0.2, 0.25) is 0 Å². The van der Waals surface area contributed by atoms with E-state index in [9.17, 15) is 4.79 Å². The van der Waals surface area contributed by atoms with Crippen LogP contribution in [0, 0.1) is 5.92 Å². The summed E-state index contributed by atoms with van der Waals surface area (Å²) in [4.78, 5) is 13.5. The summed E-state index contributed by atoms with van der Waals surface area (Å²) in [5, 5.41) is 3.10. The minimum absolute atomic E-state index is 0.129. The summed E-state index contributed by atoms with van der Waals surface area (Å²) in [6.45, 7) is 0.943. The molecule has 0 aliphatic heterocycles. The predicted molar refractivity (Wildman–Crippen MR) is 56.1 cm³/mol. The van der Waals surface area contributed by atoms with E-state index in [-0.39, 0.29) is 6.03 Å². The highest BCUT2D eigenvalue weighted by Gasteiger charge is 2.26. The number of amides is 2. The van der Waals surface area contributed by atoms with Gasteiger partial charge in [0.2, 0.25) is 0 Å². The van der Waals surface area contributed by atoms with Crippen molar-refractivity contribution in [3.05, 3.63) is 0 Å². The van der Waals surface area contributed by atoms with E-state index in [0.29, 0.717) is 6.04 Å². The van der Waals surface area contributed by atoms with Crippen molar-refractivity contribution in [1.82, 2.24) is 10.2 Å². The molecule has 2 aliphatic rings. The fraction of sp³-hybridized carbons (Fsp3) is 0.909. The zero-order chi connectivity index (χ0) is 9.97. The lowest BCUT2D eigenvalue weighted by atomic mass is 10.2. The van der Waals surface area contributed by atoms with E-state index < -0.39 is 0 Å². The molecule has 2 fully saturated rings. The lowest BCUT2D eigenvalue weighted by Gasteiger charge is -2.20. The molecule has 0 unspecified atom stereocenters. The molecule has 3 nitrogen and oxygen atoms in total. The van der Waals surface area contributed by atoms with Crippen LogP contribution in [0.3, 0.4) is 0 Å². The van der Waals surface area contributed by atoms with Gasteiger partial charge in [0.05, 0.1) is 0 Å². The predicted octanol–water partition coefficient (Wildman–Crippen LogP) is 1.98. The first-order valence-corrected chi connectivity index (χ1v) is 5.77. The van der Waals surface area contributed by atoms with Crippen molar-refractivity contribution in [2.24, 2.45) is 5.92 Å². The Balaban J connectivity index is 1.69. The van der Waals surface area contributed by atoms with E-state index >= 15 is 0 Å². The number of carbonyl (C=O) groups excluding carboxylic acids is 1. The first-order chi connectivity index (χ1) is 6.75. The van der Waals surface area contributed by atoms with Crippen molar-refractivity contribution in [2.75, 3.05) is 13.6 Å². The summed E-state index contributed by atoms with van der Waals surface area (Å²) >= 11 is 0. The molecule has 2 saturated carbocycles. The van der Waals surface area contributed by atoms with Crippen LogP contribution >= 0.6 is 0 Å². The molecule has 0 atom stereocenters. The van der Waals surface area contributed by atoms with Crippen LogP contribution < -0.4 is 5.32 Å². The number of carbonyl (C=O) groups is 1. The van der Waals surface area contributed by atoms with E-state index in [0.717, 1.165) is 12.5 Å². The van der Waals surface area contributed by atoms with E-state index in [1.165, 1.54) is 38.5 Å². The van der Waals surface area contributed by atoms with Gasteiger partial charge in [-0.25, -0.2) is 4.79 Å². The van der Waals surface area contributed by atoms with Crippen LogP contribution in [0.1, 0.15) is 38.5 Å². The summed E-state index contributed by atoms with van der Waals surface area (Å²) in [5.41, 5.74) is 0. The first-order valence-electron chi connectivity index (χ1n) is 5.77. The quantitative estimate of drug-likeness (QED) is 0.735. The second kappa shape index (κ2) is 4.20. The Hall–Kier alpha value is -0.730. The molecule has 2 aliphatic carbocycles. The third-order valence-electron chi connectivity index (χ3n) is 3.26. The van der Waals surface area contributed by atoms with Gasteiger partial charge < -0.3 is 10.2 Å². The molecule has 2 amide bonds. The van der Waals surface area contributed by atoms with E-state index in [4.69, 9.17) is 0 Å². The van der Waals surface area contributed by atoms with Gasteiger partial charge in [0, 0.05) is 19.6 Å². The number of rotatable bonds is 3. The topological polar surface area (TPSA) is 32.3 Å². The zero-order valence-electron chi connectivity index (χ0n) is 8.96. The molecule has 2 rings (SSSR count). The van der Waals surface area contributed by atoms with Crippen molar-refractivity contribution in [2.45, 2.75) is 44.6 Å². The maximum absolute atomic E-state index is 11.7. The fourth-order valence-corrected chi connectivity index (χ4v) is 2.13. The molecule has 0 spiro atoms. The molecular weight excluding hydrogens is 176 g/mol. The zero-order valence-corrected chi connectivity index (χ0v) is 8.96. The number of nitrogens with zero attached hydrogens (tertiary/aromatic N) is 1. The second-order valence-corrected chi connectivity index (χ2v) is 4.75. The van der Waals surface area contributed by atoms with Gasteiger partial charge in [0.15, 0.2) is 0 Å². The summed E-state index contributed by atoms with van der Waals surface area (Å²) in [5.74, 6) is 0.786. The number of nitrogens with one attached hydrogen (secondary N) is 1. The van der Waals surface area contributed by atoms with Gasteiger partial charge in [-0.2, -0.15) is 0 Å². The molecule has 1 N–H and O–H groups in total. The molecule has 0 radical (unpaired) electrons. The van der Waals surface area contributed by atoms with Crippen LogP contribution in [0.15, 0.2) is 0 Å². The number of hydrogen-bond donors (Lipinski definition) is 1. The highest BCUT2D eigenvalue weighted by atomic mass is 16.2. The molecule has 0 aromatic carbocycles. The molecular formula is C11H20N2O. The summed E-state index contributed by atoms with van der Waals surface area (Å²) in [6, 6.07) is 0.577. The van der Waals surface area contributed by atoms with Gasteiger partial charge in [0.25, 0.3) is 0 Å². The molecule has 0 heterocycles. The SMILES string of the molecule is CN(CC1CC1)C(=O)NC1CCCC1. The van der Waals surface area contributed by atoms with Crippen molar-refractivity contribution in [3.8, 4) is 0 Å². The third-order valence-corrected chi connectivity index (χ3v) is 3.26. The molecule has 80 valence electrons. The monoisotopic (exact) mass is 196 g/mol. The van der Waals surface area contributed by atoms with Crippen LogP contribution in [-0.4, -0.2) is 30.6 Å². The largest absolute Gasteiger partial charge is 0.335 e. The Bertz CT molecular complexity index is 207. The van der Waals surface area contributed by atoms with Gasteiger partial charge in [-0.15, -0.1) is 0 Å². The van der Waals surface area contributed by atoms with Crippen LogP contribution in [0.25, 0.3) is 0 Å². The van der Waals surface area contributed by atoms with E-state index in [2.05, 4.69) is 5.32 Å². The van der Waals surface area contributed by atoms with Crippen molar-refractivity contribution >= 4 is 6.03 Å². The Labute approximate surface area is 85.8 Å². The Morgan fingerprint density at radius 1 is 1.29 bits per heavy atom. The van der Waals surface area contributed by atoms with Crippen LogP contribution in [0.4, 0.5) is 4.79 Å². The van der Waals surface area contributed by atoms with E-state index in [1.54, 1.807) is 0 Å². The Morgan fingerprint density at radius 2 is 1.93 bits per heavy atom. The lowest BCUT2D eigenvalue weighted by Crippen LogP contribution is -2.42. The molecule has 0 saturated heterocycles. The lowest BCUT2D eigenvalue weighted by molar-refractivity contribution is 0.203. The van der Waals surface area contributed by atoms with Crippen molar-refractivity contribution in [3.63, 3.8) is 0 Å². The average molecular weight is 196 g/mol. The van der Waals surface area contributed by atoms with E-state index in [1.807, 2.05) is 11.9 Å². The van der Waals surface area contributed by atoms with Gasteiger partial charge in [0.1, 0.15) is 0 Å². The second-order valence-electron chi connectivity index (χ2n) is 4.75. The summed E-state index contributed by atoms with van der Waals surface area (Å²) < 4.78 is 0. The van der Waals surface area contributed by atoms with Crippen LogP contribution in [-0.2, 0) is 0 Å². The molecule has 0 aromatic rings. The van der Waals surface area contributed by atoms with Crippen molar-refractivity contribution < 1.29 is 4.79 Å². The van der Waals surface area contributed by atoms with Gasteiger partial charge in [-0.3, -0.25) is 0 Å². The van der Waals surface area contributed by atoms with Gasteiger partial charge in [-0.05, 0) is 31.6 Å². The standard InChI is InChI=1S/C11H20N2O/c1-13(8-9-6-7-9)11(14)12-10-4-2-3-5-10/h9-10H,2-8H2,1H3,(H,12,14). The van der Waals surface area contributed by atoms with Crippen LogP contribution in [0.5, 0.6) is 0 Å². The normalized spacial score (nSPS) is 22.4. The number of hydrogen-bond acceptors (Lipinski definition) is 1.